The van der Waals surface area contributed by atoms with E-state index in [1.165, 1.54) is 26.0 Å². The number of nitrogens with one attached hydrogen (secondary N) is 1. The molecule has 0 bridgehead atoms. The number of methoxy groups -OCH3 is 2. The molecular formula is C16H19ClN2O4S. The van der Waals surface area contributed by atoms with E-state index in [4.69, 9.17) is 25.6 Å². The van der Waals surface area contributed by atoms with Gasteiger partial charge < -0.3 is 19.3 Å². The molecule has 0 aliphatic rings. The summed E-state index contributed by atoms with van der Waals surface area (Å²) in [6, 6.07) is 3.24. The first kappa shape index (κ1) is 18.5. The number of hydrogen-bond donors (Lipinski definition) is 1. The second-order valence-electron chi connectivity index (χ2n) is 5.03. The van der Waals surface area contributed by atoms with Gasteiger partial charge in [0.05, 0.1) is 36.4 Å². The van der Waals surface area contributed by atoms with Gasteiger partial charge in [0.25, 0.3) is 0 Å². The Bertz CT molecular complexity index is 714. The molecule has 0 aliphatic heterocycles. The first-order valence-electron chi connectivity index (χ1n) is 7.17. The molecule has 2 rings (SSSR count). The highest BCUT2D eigenvalue weighted by atomic mass is 35.5. The quantitative estimate of drug-likeness (QED) is 0.798. The van der Waals surface area contributed by atoms with E-state index in [0.717, 1.165) is 17.0 Å². The third-order valence-electron chi connectivity index (χ3n) is 3.41. The van der Waals surface area contributed by atoms with Crippen LogP contribution in [0.3, 0.4) is 0 Å². The molecule has 1 aromatic carbocycles. The predicted octanol–water partition coefficient (Wildman–Crippen LogP) is 3.83. The Balaban J connectivity index is 1.96. The molecule has 2 aromatic rings. The van der Waals surface area contributed by atoms with Crippen LogP contribution in [0.2, 0.25) is 5.02 Å². The summed E-state index contributed by atoms with van der Waals surface area (Å²) >= 11 is 7.58. The lowest BCUT2D eigenvalue weighted by atomic mass is 10.2. The molecule has 0 saturated heterocycles. The van der Waals surface area contributed by atoms with Crippen molar-refractivity contribution in [3.8, 4) is 11.5 Å². The Kier molecular flexibility index (Phi) is 6.39. The van der Waals surface area contributed by atoms with Crippen LogP contribution in [0.25, 0.3) is 0 Å². The van der Waals surface area contributed by atoms with Crippen LogP contribution in [0.15, 0.2) is 16.7 Å². The molecule has 0 saturated carbocycles. The van der Waals surface area contributed by atoms with Crippen molar-refractivity contribution in [3.63, 3.8) is 0 Å². The number of ether oxygens (including phenoxy) is 2. The average Bonchev–Trinajstić information content (AvgIpc) is 2.87. The summed E-state index contributed by atoms with van der Waals surface area (Å²) in [4.78, 5) is 12.1. The largest absolute Gasteiger partial charge is 0.495 e. The molecule has 0 spiro atoms. The molecule has 0 fully saturated rings. The first-order chi connectivity index (χ1) is 11.5. The maximum atomic E-state index is 12.1. The maximum Gasteiger partial charge on any atom is 0.234 e. The molecule has 1 N–H and O–H groups in total. The van der Waals surface area contributed by atoms with E-state index in [-0.39, 0.29) is 11.7 Å². The van der Waals surface area contributed by atoms with E-state index < -0.39 is 0 Å². The molecule has 1 aromatic heterocycles. The van der Waals surface area contributed by atoms with Gasteiger partial charge in [0.2, 0.25) is 5.91 Å². The minimum absolute atomic E-state index is 0.147. The Hall–Kier alpha value is -1.86. The summed E-state index contributed by atoms with van der Waals surface area (Å²) in [5.74, 6) is 2.56. The zero-order chi connectivity index (χ0) is 17.7. The number of carbonyl (C=O) groups excluding carboxylic acids is 1. The van der Waals surface area contributed by atoms with Crippen LogP contribution in [0.5, 0.6) is 11.5 Å². The average molecular weight is 371 g/mol. The molecular weight excluding hydrogens is 352 g/mol. The van der Waals surface area contributed by atoms with Crippen molar-refractivity contribution >= 4 is 35.0 Å². The molecule has 8 heteroatoms. The fourth-order valence-electron chi connectivity index (χ4n) is 2.10. The van der Waals surface area contributed by atoms with E-state index in [2.05, 4.69) is 10.5 Å². The third kappa shape index (κ3) is 4.36. The molecule has 1 heterocycles. The fraction of sp³-hybridized carbons (Fsp3) is 0.375. The number of halogens is 1. The SMILES string of the molecule is COc1cc(OC)c(NC(=O)CSCc2c(C)noc2C)cc1Cl. The topological polar surface area (TPSA) is 73.6 Å². The third-order valence-corrected chi connectivity index (χ3v) is 4.66. The number of benzene rings is 1. The van der Waals surface area contributed by atoms with Gasteiger partial charge in [-0.15, -0.1) is 11.8 Å². The van der Waals surface area contributed by atoms with E-state index >= 15 is 0 Å². The van der Waals surface area contributed by atoms with Crippen molar-refractivity contribution in [2.45, 2.75) is 19.6 Å². The molecule has 6 nitrogen and oxygen atoms in total. The van der Waals surface area contributed by atoms with Crippen LogP contribution in [-0.4, -0.2) is 31.0 Å². The monoisotopic (exact) mass is 370 g/mol. The molecule has 0 aliphatic carbocycles. The summed E-state index contributed by atoms with van der Waals surface area (Å²) in [7, 11) is 3.04. The van der Waals surface area contributed by atoms with Crippen molar-refractivity contribution in [1.29, 1.82) is 0 Å². The van der Waals surface area contributed by atoms with E-state index in [1.54, 1.807) is 12.1 Å². The Labute approximate surface area is 149 Å². The zero-order valence-electron chi connectivity index (χ0n) is 13.9. The van der Waals surface area contributed by atoms with Crippen LogP contribution in [0.4, 0.5) is 5.69 Å². The number of aromatic nitrogens is 1. The van der Waals surface area contributed by atoms with Gasteiger partial charge in [-0.2, -0.15) is 0 Å². The second kappa shape index (κ2) is 8.30. The van der Waals surface area contributed by atoms with Gasteiger partial charge in [0.15, 0.2) is 0 Å². The number of carbonyl (C=O) groups is 1. The molecule has 1 amide bonds. The lowest BCUT2D eigenvalue weighted by molar-refractivity contribution is -0.113. The normalized spacial score (nSPS) is 10.5. The highest BCUT2D eigenvalue weighted by Gasteiger charge is 2.14. The standard InChI is InChI=1S/C16H19ClN2O4S/c1-9-11(10(2)23-19-9)7-24-8-16(20)18-13-5-12(17)14(21-3)6-15(13)22-4/h5-6H,7-8H2,1-4H3,(H,18,20). The van der Waals surface area contributed by atoms with Crippen LogP contribution in [-0.2, 0) is 10.5 Å². The van der Waals surface area contributed by atoms with Gasteiger partial charge in [-0.3, -0.25) is 4.79 Å². The van der Waals surface area contributed by atoms with Gasteiger partial charge in [-0.25, -0.2) is 0 Å². The Morgan fingerprint density at radius 1 is 1.29 bits per heavy atom. The summed E-state index contributed by atoms with van der Waals surface area (Å²) in [5, 5.41) is 7.10. The number of amides is 1. The van der Waals surface area contributed by atoms with Gasteiger partial charge in [-0.05, 0) is 19.9 Å². The molecule has 24 heavy (non-hydrogen) atoms. The maximum absolute atomic E-state index is 12.1. The van der Waals surface area contributed by atoms with E-state index in [0.29, 0.717) is 28.0 Å². The highest BCUT2D eigenvalue weighted by molar-refractivity contribution is 7.99. The van der Waals surface area contributed by atoms with Crippen LogP contribution >= 0.6 is 23.4 Å². The number of anilines is 1. The van der Waals surface area contributed by atoms with Crippen molar-refractivity contribution < 1.29 is 18.8 Å². The van der Waals surface area contributed by atoms with Crippen LogP contribution < -0.4 is 14.8 Å². The Morgan fingerprint density at radius 3 is 2.58 bits per heavy atom. The summed E-state index contributed by atoms with van der Waals surface area (Å²) in [6.07, 6.45) is 0. The minimum Gasteiger partial charge on any atom is -0.495 e. The number of rotatable bonds is 7. The molecule has 0 atom stereocenters. The van der Waals surface area contributed by atoms with Crippen LogP contribution in [0.1, 0.15) is 17.0 Å². The molecule has 0 radical (unpaired) electrons. The van der Waals surface area contributed by atoms with Crippen LogP contribution in [0, 0.1) is 13.8 Å². The fourth-order valence-corrected chi connectivity index (χ4v) is 3.31. The van der Waals surface area contributed by atoms with E-state index in [9.17, 15) is 4.79 Å². The van der Waals surface area contributed by atoms with Crippen molar-refractivity contribution in [2.24, 2.45) is 0 Å². The lowest BCUT2D eigenvalue weighted by Gasteiger charge is -2.13. The van der Waals surface area contributed by atoms with Gasteiger partial charge in [0, 0.05) is 17.4 Å². The van der Waals surface area contributed by atoms with Gasteiger partial charge in [-0.1, -0.05) is 16.8 Å². The summed E-state index contributed by atoms with van der Waals surface area (Å²) in [5.41, 5.74) is 2.38. The van der Waals surface area contributed by atoms with Gasteiger partial charge in [0.1, 0.15) is 17.3 Å². The smallest absolute Gasteiger partial charge is 0.234 e. The Morgan fingerprint density at radius 2 is 2.00 bits per heavy atom. The first-order valence-corrected chi connectivity index (χ1v) is 8.70. The molecule has 0 unspecified atom stereocenters. The molecule has 130 valence electrons. The summed E-state index contributed by atoms with van der Waals surface area (Å²) in [6.45, 7) is 3.75. The summed E-state index contributed by atoms with van der Waals surface area (Å²) < 4.78 is 15.5. The second-order valence-corrected chi connectivity index (χ2v) is 6.42. The zero-order valence-corrected chi connectivity index (χ0v) is 15.5. The number of thioether (sulfide) groups is 1. The van der Waals surface area contributed by atoms with Crippen molar-refractivity contribution in [1.82, 2.24) is 5.16 Å². The number of hydrogen-bond acceptors (Lipinski definition) is 6. The predicted molar refractivity (Wildman–Crippen MR) is 95.3 cm³/mol. The number of nitrogens with zero attached hydrogens (tertiary/aromatic N) is 1. The van der Waals surface area contributed by atoms with Gasteiger partial charge >= 0.3 is 0 Å². The van der Waals surface area contributed by atoms with E-state index in [1.807, 2.05) is 13.8 Å². The number of aryl methyl sites for hydroxylation is 2. The minimum atomic E-state index is -0.147. The van der Waals surface area contributed by atoms with Crippen molar-refractivity contribution in [2.75, 3.05) is 25.3 Å². The lowest BCUT2D eigenvalue weighted by Crippen LogP contribution is -2.15. The van der Waals surface area contributed by atoms with Crippen molar-refractivity contribution in [3.05, 3.63) is 34.2 Å². The highest BCUT2D eigenvalue weighted by Crippen LogP contribution is 2.36.